The van der Waals surface area contributed by atoms with Crippen LogP contribution in [-0.4, -0.2) is 34.6 Å². The number of piperidine rings is 1. The van der Waals surface area contributed by atoms with Crippen molar-refractivity contribution in [3.05, 3.63) is 59.9 Å². The molecule has 8 nitrogen and oxygen atoms in total. The summed E-state index contributed by atoms with van der Waals surface area (Å²) in [5.74, 6) is 0.431. The zero-order valence-corrected chi connectivity index (χ0v) is 20.4. The average molecular weight is 488 g/mol. The van der Waals surface area contributed by atoms with Crippen LogP contribution < -0.4 is 20.7 Å². The van der Waals surface area contributed by atoms with Gasteiger partial charge in [-0.25, -0.2) is 19.6 Å². The van der Waals surface area contributed by atoms with Gasteiger partial charge >= 0.3 is 0 Å². The molecule has 1 aliphatic carbocycles. The molecule has 36 heavy (non-hydrogen) atoms. The Balaban J connectivity index is 0.00000148. The van der Waals surface area contributed by atoms with Crippen LogP contribution in [-0.2, 0) is 0 Å². The van der Waals surface area contributed by atoms with E-state index in [1.54, 1.807) is 18.3 Å². The number of benzene rings is 1. The highest BCUT2D eigenvalue weighted by Gasteiger charge is 2.25. The number of anilines is 3. The van der Waals surface area contributed by atoms with Gasteiger partial charge in [0.15, 0.2) is 5.82 Å². The molecule has 0 amide bonds. The van der Waals surface area contributed by atoms with Crippen LogP contribution in [0.25, 0.3) is 17.1 Å². The predicted octanol–water partition coefficient (Wildman–Crippen LogP) is 5.41. The Morgan fingerprint density at radius 1 is 1.17 bits per heavy atom. The summed E-state index contributed by atoms with van der Waals surface area (Å²) in [6.07, 6.45) is 10.8. The van der Waals surface area contributed by atoms with E-state index in [2.05, 4.69) is 26.8 Å². The standard InChI is InChI=1S/C26H29FN6O.CHN/c1-2-34-18-8-9-20(27)19(14-18)26-30-15-21(28)25(32-26)24(17-6-7-17)31-22-16-29-11-10-23(22)33-12-4-3-5-13-33;1-2/h8-11,14-16,31H,2-7,12-13,28H2,1H3;1H. The molecule has 2 aromatic heterocycles. The van der Waals surface area contributed by atoms with Crippen molar-refractivity contribution in [1.82, 2.24) is 15.0 Å². The molecule has 3 heterocycles. The van der Waals surface area contributed by atoms with E-state index in [1.807, 2.05) is 25.4 Å². The largest absolute Gasteiger partial charge is 0.494 e. The molecule has 0 bridgehead atoms. The number of ether oxygens (including phenoxy) is 1. The van der Waals surface area contributed by atoms with Gasteiger partial charge in [-0.2, -0.15) is 0 Å². The van der Waals surface area contributed by atoms with Gasteiger partial charge in [0.2, 0.25) is 0 Å². The third-order valence-electron chi connectivity index (χ3n) is 6.15. The first-order valence-corrected chi connectivity index (χ1v) is 12.1. The molecular formula is C27H30FN7O. The molecule has 1 saturated heterocycles. The lowest BCUT2D eigenvalue weighted by atomic mass is 10.1. The number of nitrogen functional groups attached to an aromatic ring is 1. The molecule has 0 unspecified atom stereocenters. The SMILES string of the molecule is C#N.CCOc1ccc(F)c(-c2ncc(N)c(C(Nc3cnccc3N3CCCCC3)=C3CC3)n2)c1. The Labute approximate surface area is 210 Å². The third kappa shape index (κ3) is 5.54. The van der Waals surface area contributed by atoms with Gasteiger partial charge in [-0.15, -0.1) is 0 Å². The Morgan fingerprint density at radius 2 is 1.94 bits per heavy atom. The van der Waals surface area contributed by atoms with E-state index in [0.29, 0.717) is 23.7 Å². The maximum atomic E-state index is 14.7. The molecular weight excluding hydrogens is 457 g/mol. The second kappa shape index (κ2) is 11.5. The van der Waals surface area contributed by atoms with Crippen LogP contribution in [0.4, 0.5) is 21.5 Å². The zero-order chi connectivity index (χ0) is 25.5. The number of nitrogens with two attached hydrogens (primary N) is 1. The molecule has 1 aromatic carbocycles. The first-order chi connectivity index (χ1) is 17.6. The quantitative estimate of drug-likeness (QED) is 0.455. The number of halogens is 1. The summed E-state index contributed by atoms with van der Waals surface area (Å²) in [4.78, 5) is 15.8. The molecule has 1 aliphatic heterocycles. The number of hydrogen-bond acceptors (Lipinski definition) is 8. The fourth-order valence-electron chi connectivity index (χ4n) is 4.31. The maximum absolute atomic E-state index is 14.7. The van der Waals surface area contributed by atoms with Crippen molar-refractivity contribution < 1.29 is 9.13 Å². The maximum Gasteiger partial charge on any atom is 0.163 e. The molecule has 1 saturated carbocycles. The molecule has 2 aliphatic rings. The first-order valence-electron chi connectivity index (χ1n) is 12.1. The number of hydrogen-bond donors (Lipinski definition) is 2. The lowest BCUT2D eigenvalue weighted by Gasteiger charge is -2.30. The van der Waals surface area contributed by atoms with Crippen molar-refractivity contribution >= 4 is 22.8 Å². The molecule has 186 valence electrons. The number of pyridine rings is 1. The molecule has 2 fully saturated rings. The molecule has 0 spiro atoms. The molecule has 5 rings (SSSR count). The smallest absolute Gasteiger partial charge is 0.163 e. The van der Waals surface area contributed by atoms with Crippen LogP contribution >= 0.6 is 0 Å². The third-order valence-corrected chi connectivity index (χ3v) is 6.15. The van der Waals surface area contributed by atoms with E-state index in [1.165, 1.54) is 30.9 Å². The molecule has 3 N–H and O–H groups in total. The minimum Gasteiger partial charge on any atom is -0.494 e. The second-order valence-corrected chi connectivity index (χ2v) is 8.62. The average Bonchev–Trinajstić information content (AvgIpc) is 3.77. The lowest BCUT2D eigenvalue weighted by molar-refractivity contribution is 0.340. The van der Waals surface area contributed by atoms with E-state index in [9.17, 15) is 4.39 Å². The summed E-state index contributed by atoms with van der Waals surface area (Å²) >= 11 is 0. The highest BCUT2D eigenvalue weighted by atomic mass is 19.1. The van der Waals surface area contributed by atoms with E-state index in [4.69, 9.17) is 20.7 Å². The van der Waals surface area contributed by atoms with Gasteiger partial charge in [0.05, 0.1) is 47.3 Å². The normalized spacial score (nSPS) is 14.4. The Kier molecular flexibility index (Phi) is 7.95. The van der Waals surface area contributed by atoms with Crippen molar-refractivity contribution in [2.75, 3.05) is 35.6 Å². The van der Waals surface area contributed by atoms with Crippen LogP contribution in [0.2, 0.25) is 0 Å². The van der Waals surface area contributed by atoms with Crippen molar-refractivity contribution in [3.63, 3.8) is 0 Å². The van der Waals surface area contributed by atoms with Gasteiger partial charge in [0, 0.05) is 25.9 Å². The second-order valence-electron chi connectivity index (χ2n) is 8.62. The minimum absolute atomic E-state index is 0.270. The van der Waals surface area contributed by atoms with Crippen molar-refractivity contribution in [2.45, 2.75) is 39.0 Å². The van der Waals surface area contributed by atoms with Crippen molar-refractivity contribution in [2.24, 2.45) is 0 Å². The fourth-order valence-corrected chi connectivity index (χ4v) is 4.31. The number of nitriles is 1. The van der Waals surface area contributed by atoms with Crippen LogP contribution in [0.1, 0.15) is 44.7 Å². The summed E-state index contributed by atoms with van der Waals surface area (Å²) in [6.45, 7) is 7.93. The molecule has 0 radical (unpaired) electrons. The number of nitrogens with one attached hydrogen (secondary N) is 1. The Hall–Kier alpha value is -4.19. The fraction of sp³-hybridized carbons (Fsp3) is 0.333. The van der Waals surface area contributed by atoms with Crippen LogP contribution in [0.5, 0.6) is 5.75 Å². The van der Waals surface area contributed by atoms with Gasteiger partial charge in [-0.05, 0) is 68.9 Å². The summed E-state index contributed by atoms with van der Waals surface area (Å²) in [7, 11) is 0. The zero-order valence-electron chi connectivity index (χ0n) is 20.4. The summed E-state index contributed by atoms with van der Waals surface area (Å²) in [5, 5.41) is 10.1. The monoisotopic (exact) mass is 487 g/mol. The van der Waals surface area contributed by atoms with Gasteiger partial charge in [-0.3, -0.25) is 4.98 Å². The Bertz CT molecular complexity index is 1260. The summed E-state index contributed by atoms with van der Waals surface area (Å²) in [5.41, 5.74) is 11.8. The minimum atomic E-state index is -0.410. The molecule has 0 atom stereocenters. The van der Waals surface area contributed by atoms with Gasteiger partial charge in [0.25, 0.3) is 0 Å². The van der Waals surface area contributed by atoms with E-state index in [0.717, 1.165) is 43.0 Å². The molecule has 9 heteroatoms. The van der Waals surface area contributed by atoms with Crippen LogP contribution in [0, 0.1) is 17.7 Å². The topological polar surface area (TPSA) is 113 Å². The van der Waals surface area contributed by atoms with Crippen LogP contribution in [0.3, 0.4) is 0 Å². The lowest BCUT2D eigenvalue weighted by Crippen LogP contribution is -2.30. The number of rotatable bonds is 7. The number of nitrogens with zero attached hydrogens (tertiary/aromatic N) is 5. The van der Waals surface area contributed by atoms with Gasteiger partial charge in [0.1, 0.15) is 17.3 Å². The van der Waals surface area contributed by atoms with Gasteiger partial charge < -0.3 is 20.7 Å². The first kappa shape index (κ1) is 24.9. The van der Waals surface area contributed by atoms with Gasteiger partial charge in [-0.1, -0.05) is 0 Å². The highest BCUT2D eigenvalue weighted by Crippen LogP contribution is 2.40. The molecule has 3 aromatic rings. The van der Waals surface area contributed by atoms with E-state index in [-0.39, 0.29) is 11.4 Å². The van der Waals surface area contributed by atoms with E-state index < -0.39 is 5.82 Å². The Morgan fingerprint density at radius 3 is 2.67 bits per heavy atom. The highest BCUT2D eigenvalue weighted by molar-refractivity contribution is 5.88. The summed E-state index contributed by atoms with van der Waals surface area (Å²) < 4.78 is 20.2. The number of allylic oxidation sites excluding steroid dienone is 1. The predicted molar refractivity (Wildman–Crippen MR) is 140 cm³/mol. The number of aromatic nitrogens is 3. The van der Waals surface area contributed by atoms with Crippen molar-refractivity contribution in [1.29, 1.82) is 5.26 Å². The van der Waals surface area contributed by atoms with E-state index >= 15 is 0 Å². The van der Waals surface area contributed by atoms with Crippen LogP contribution in [0.15, 0.2) is 48.4 Å². The van der Waals surface area contributed by atoms with Crippen molar-refractivity contribution in [3.8, 4) is 23.7 Å². The summed E-state index contributed by atoms with van der Waals surface area (Å²) in [6, 6.07) is 6.65.